The van der Waals surface area contributed by atoms with E-state index in [-0.39, 0.29) is 17.9 Å². The highest BCUT2D eigenvalue weighted by atomic mass is 16.2. The van der Waals surface area contributed by atoms with E-state index in [2.05, 4.69) is 31.3 Å². The van der Waals surface area contributed by atoms with E-state index in [0.29, 0.717) is 0 Å². The first-order chi connectivity index (χ1) is 8.08. The Bertz CT molecular complexity index is 454. The van der Waals surface area contributed by atoms with Crippen molar-refractivity contribution in [2.75, 3.05) is 5.32 Å². The van der Waals surface area contributed by atoms with Crippen LogP contribution in [0.25, 0.3) is 0 Å². The van der Waals surface area contributed by atoms with Crippen LogP contribution in [0.2, 0.25) is 0 Å². The Morgan fingerprint density at radius 1 is 1.41 bits per heavy atom. The Morgan fingerprint density at radius 2 is 2.12 bits per heavy atom. The van der Waals surface area contributed by atoms with E-state index >= 15 is 0 Å². The predicted octanol–water partition coefficient (Wildman–Crippen LogP) is 2.71. The van der Waals surface area contributed by atoms with Gasteiger partial charge in [0.15, 0.2) is 0 Å². The number of rotatable bonds is 3. The van der Waals surface area contributed by atoms with Crippen LogP contribution in [-0.2, 0) is 11.2 Å². The summed E-state index contributed by atoms with van der Waals surface area (Å²) in [6.45, 7) is 6.13. The number of nitrogens with one attached hydrogen (secondary N) is 1. The maximum Gasteiger partial charge on any atom is 0.231 e. The maximum atomic E-state index is 11.7. The van der Waals surface area contributed by atoms with Gasteiger partial charge in [-0.1, -0.05) is 26.0 Å². The topological polar surface area (TPSA) is 55.1 Å². The van der Waals surface area contributed by atoms with Crippen molar-refractivity contribution < 1.29 is 4.79 Å². The quantitative estimate of drug-likeness (QED) is 0.842. The molecule has 2 unspecified atom stereocenters. The molecule has 2 rings (SSSR count). The van der Waals surface area contributed by atoms with Crippen LogP contribution >= 0.6 is 0 Å². The molecule has 3 N–H and O–H groups in total. The summed E-state index contributed by atoms with van der Waals surface area (Å²) >= 11 is 0. The van der Waals surface area contributed by atoms with Crippen LogP contribution in [0.3, 0.4) is 0 Å². The number of carbonyl (C=O) groups excluding carboxylic acids is 1. The van der Waals surface area contributed by atoms with Crippen molar-refractivity contribution in [2.24, 2.45) is 5.73 Å². The third-order valence-electron chi connectivity index (χ3n) is 3.61. The number of aryl methyl sites for hydroxylation is 1. The third-order valence-corrected chi connectivity index (χ3v) is 3.61. The largest absolute Gasteiger partial charge is 0.325 e. The molecule has 2 atom stereocenters. The van der Waals surface area contributed by atoms with Crippen LogP contribution in [0.4, 0.5) is 5.69 Å². The fourth-order valence-corrected chi connectivity index (χ4v) is 2.33. The predicted molar refractivity (Wildman–Crippen MR) is 70.1 cm³/mol. The summed E-state index contributed by atoms with van der Waals surface area (Å²) in [4.78, 5) is 11.7. The van der Waals surface area contributed by atoms with Gasteiger partial charge in [0.25, 0.3) is 0 Å². The van der Waals surface area contributed by atoms with Crippen LogP contribution in [0.5, 0.6) is 0 Å². The first kappa shape index (κ1) is 12.1. The zero-order valence-electron chi connectivity index (χ0n) is 10.7. The van der Waals surface area contributed by atoms with Crippen molar-refractivity contribution in [3.8, 4) is 0 Å². The molecule has 0 saturated heterocycles. The number of fused-ring (bicyclic) bond motifs is 1. The molecular formula is C14H20N2O. The monoisotopic (exact) mass is 232 g/mol. The number of hydrogen-bond donors (Lipinski definition) is 2. The molecule has 0 aliphatic carbocycles. The van der Waals surface area contributed by atoms with E-state index in [1.807, 2.05) is 6.92 Å². The SMILES string of the molecule is CCc1cc(C(N)CC)c2c(c1)C(C)C(=O)N2. The average Bonchev–Trinajstić information content (AvgIpc) is 2.63. The number of anilines is 1. The second-order valence-electron chi connectivity index (χ2n) is 4.73. The highest BCUT2D eigenvalue weighted by Crippen LogP contribution is 2.38. The summed E-state index contributed by atoms with van der Waals surface area (Å²) in [5, 5.41) is 2.96. The minimum absolute atomic E-state index is 0.000787. The molecule has 1 aliphatic rings. The second-order valence-corrected chi connectivity index (χ2v) is 4.73. The molecule has 0 radical (unpaired) electrons. The number of nitrogens with two attached hydrogens (primary N) is 1. The highest BCUT2D eigenvalue weighted by Gasteiger charge is 2.30. The van der Waals surface area contributed by atoms with Crippen molar-refractivity contribution in [3.63, 3.8) is 0 Å². The maximum absolute atomic E-state index is 11.7. The van der Waals surface area contributed by atoms with Crippen molar-refractivity contribution in [1.82, 2.24) is 0 Å². The molecule has 1 aromatic rings. The van der Waals surface area contributed by atoms with Gasteiger partial charge in [0.1, 0.15) is 0 Å². The van der Waals surface area contributed by atoms with Crippen molar-refractivity contribution in [1.29, 1.82) is 0 Å². The van der Waals surface area contributed by atoms with Crippen LogP contribution in [-0.4, -0.2) is 5.91 Å². The lowest BCUT2D eigenvalue weighted by molar-refractivity contribution is -0.116. The summed E-state index contributed by atoms with van der Waals surface area (Å²) in [5.74, 6) is 0.0251. The summed E-state index contributed by atoms with van der Waals surface area (Å²) in [6, 6.07) is 4.26. The van der Waals surface area contributed by atoms with Gasteiger partial charge in [-0.3, -0.25) is 4.79 Å². The standard InChI is InChI=1S/C14H20N2O/c1-4-9-6-10-8(3)14(17)16-13(10)11(7-9)12(15)5-2/h6-8,12H,4-5,15H2,1-3H3,(H,16,17). The van der Waals surface area contributed by atoms with Gasteiger partial charge < -0.3 is 11.1 Å². The average molecular weight is 232 g/mol. The van der Waals surface area contributed by atoms with Gasteiger partial charge >= 0.3 is 0 Å². The Hall–Kier alpha value is -1.35. The van der Waals surface area contributed by atoms with E-state index in [4.69, 9.17) is 5.73 Å². The Labute approximate surface area is 102 Å². The van der Waals surface area contributed by atoms with Gasteiger partial charge in [0.05, 0.1) is 5.92 Å². The molecule has 0 bridgehead atoms. The molecule has 1 amide bonds. The zero-order chi connectivity index (χ0) is 12.6. The minimum Gasteiger partial charge on any atom is -0.325 e. The summed E-state index contributed by atoms with van der Waals surface area (Å²) in [7, 11) is 0. The number of benzene rings is 1. The van der Waals surface area contributed by atoms with Crippen molar-refractivity contribution in [3.05, 3.63) is 28.8 Å². The molecule has 0 saturated carbocycles. The molecule has 1 heterocycles. The van der Waals surface area contributed by atoms with Crippen LogP contribution in [0.15, 0.2) is 12.1 Å². The number of amides is 1. The van der Waals surface area contributed by atoms with Gasteiger partial charge in [-0.05, 0) is 36.5 Å². The van der Waals surface area contributed by atoms with Gasteiger partial charge in [-0.25, -0.2) is 0 Å². The van der Waals surface area contributed by atoms with E-state index < -0.39 is 0 Å². The summed E-state index contributed by atoms with van der Waals surface area (Å²) in [6.07, 6.45) is 1.85. The Morgan fingerprint density at radius 3 is 2.71 bits per heavy atom. The molecule has 1 aromatic carbocycles. The lowest BCUT2D eigenvalue weighted by atomic mass is 9.93. The minimum atomic E-state index is -0.0562. The van der Waals surface area contributed by atoms with Gasteiger partial charge in [0, 0.05) is 11.7 Å². The summed E-state index contributed by atoms with van der Waals surface area (Å²) in [5.41, 5.74) is 10.5. The second kappa shape index (κ2) is 4.49. The van der Waals surface area contributed by atoms with E-state index in [0.717, 1.165) is 29.7 Å². The van der Waals surface area contributed by atoms with Crippen LogP contribution in [0.1, 0.15) is 55.8 Å². The lowest BCUT2D eigenvalue weighted by Crippen LogP contribution is -2.13. The highest BCUT2D eigenvalue weighted by molar-refractivity contribution is 6.03. The Kier molecular flexibility index (Phi) is 3.20. The summed E-state index contributed by atoms with van der Waals surface area (Å²) < 4.78 is 0. The van der Waals surface area contributed by atoms with E-state index in [9.17, 15) is 4.79 Å². The molecule has 0 spiro atoms. The van der Waals surface area contributed by atoms with E-state index in [1.54, 1.807) is 0 Å². The molecular weight excluding hydrogens is 212 g/mol. The fourth-order valence-electron chi connectivity index (χ4n) is 2.33. The number of carbonyl (C=O) groups is 1. The van der Waals surface area contributed by atoms with Crippen molar-refractivity contribution >= 4 is 11.6 Å². The number of hydrogen-bond acceptors (Lipinski definition) is 2. The molecule has 1 aliphatic heterocycles. The molecule has 0 aromatic heterocycles. The first-order valence-corrected chi connectivity index (χ1v) is 6.31. The molecule has 0 fully saturated rings. The third kappa shape index (κ3) is 1.95. The molecule has 3 nitrogen and oxygen atoms in total. The van der Waals surface area contributed by atoms with Gasteiger partial charge in [-0.15, -0.1) is 0 Å². The van der Waals surface area contributed by atoms with Crippen LogP contribution < -0.4 is 11.1 Å². The first-order valence-electron chi connectivity index (χ1n) is 6.31. The van der Waals surface area contributed by atoms with Crippen LogP contribution in [0, 0.1) is 0 Å². The Balaban J connectivity index is 2.57. The molecule has 92 valence electrons. The van der Waals surface area contributed by atoms with Gasteiger partial charge in [-0.2, -0.15) is 0 Å². The van der Waals surface area contributed by atoms with Gasteiger partial charge in [0.2, 0.25) is 5.91 Å². The van der Waals surface area contributed by atoms with E-state index in [1.165, 1.54) is 5.56 Å². The smallest absolute Gasteiger partial charge is 0.231 e. The normalized spacial score (nSPS) is 20.0. The molecule has 17 heavy (non-hydrogen) atoms. The molecule has 3 heteroatoms. The lowest BCUT2D eigenvalue weighted by Gasteiger charge is -2.16. The zero-order valence-corrected chi connectivity index (χ0v) is 10.7. The fraction of sp³-hybridized carbons (Fsp3) is 0.500. The van der Waals surface area contributed by atoms with Crippen molar-refractivity contribution in [2.45, 2.75) is 45.6 Å².